The van der Waals surface area contributed by atoms with Gasteiger partial charge in [0.1, 0.15) is 22.8 Å². The quantitative estimate of drug-likeness (QED) is 0.531. The van der Waals surface area contributed by atoms with Crippen molar-refractivity contribution in [1.82, 2.24) is 24.7 Å². The maximum atomic E-state index is 13.1. The van der Waals surface area contributed by atoms with Crippen LogP contribution in [-0.2, 0) is 0 Å². The summed E-state index contributed by atoms with van der Waals surface area (Å²) < 4.78 is 7.28. The number of amides is 1. The first-order chi connectivity index (χ1) is 13.6. The molecule has 3 aromatic heterocycles. The largest absolute Gasteiger partial charge is 0.360 e. The molecule has 0 radical (unpaired) electrons. The van der Waals surface area contributed by atoms with Gasteiger partial charge < -0.3 is 9.42 Å². The van der Waals surface area contributed by atoms with Crippen molar-refractivity contribution in [2.45, 2.75) is 12.8 Å². The van der Waals surface area contributed by atoms with Gasteiger partial charge in [0.25, 0.3) is 5.91 Å². The minimum Gasteiger partial charge on any atom is -0.360 e. The number of hydrogen-bond acceptors (Lipinski definition) is 5. The molecule has 7 nitrogen and oxygen atoms in total. The molecule has 1 aliphatic heterocycles. The van der Waals surface area contributed by atoms with Gasteiger partial charge in [-0.1, -0.05) is 41.0 Å². The van der Waals surface area contributed by atoms with Crippen LogP contribution in [0, 0.1) is 6.92 Å². The zero-order valence-corrected chi connectivity index (χ0v) is 15.8. The second-order valence-electron chi connectivity index (χ2n) is 6.84. The summed E-state index contributed by atoms with van der Waals surface area (Å²) in [5.74, 6) is 1.38. The molecule has 0 saturated carbocycles. The molecule has 5 rings (SSSR count). The van der Waals surface area contributed by atoms with Gasteiger partial charge in [-0.05, 0) is 25.1 Å². The number of nitrogens with zero attached hydrogens (tertiary/aromatic N) is 5. The van der Waals surface area contributed by atoms with Crippen LogP contribution in [0.3, 0.4) is 0 Å². The molecule has 140 valence electrons. The van der Waals surface area contributed by atoms with Gasteiger partial charge in [-0.3, -0.25) is 9.20 Å². The molecule has 0 atom stereocenters. The van der Waals surface area contributed by atoms with Crippen LogP contribution in [0.2, 0.25) is 5.02 Å². The van der Waals surface area contributed by atoms with Gasteiger partial charge in [0, 0.05) is 24.8 Å². The highest BCUT2D eigenvalue weighted by Gasteiger charge is 2.37. The Morgan fingerprint density at radius 2 is 1.93 bits per heavy atom. The number of carbonyl (C=O) groups is 1. The summed E-state index contributed by atoms with van der Waals surface area (Å²) in [7, 11) is 0. The van der Waals surface area contributed by atoms with Crippen molar-refractivity contribution in [3.8, 4) is 11.3 Å². The van der Waals surface area contributed by atoms with Crippen molar-refractivity contribution in [2.24, 2.45) is 0 Å². The standard InChI is InChI=1S/C20H16ClN5O2/c1-12-17(18(24-28-12)14-6-2-3-7-15(14)21)20(27)25-10-13(11-25)19-23-22-16-8-4-5-9-26(16)19/h2-9,13H,10-11H2,1H3. The van der Waals surface area contributed by atoms with Crippen LogP contribution in [0.25, 0.3) is 16.9 Å². The molecule has 1 aliphatic rings. The van der Waals surface area contributed by atoms with Crippen LogP contribution < -0.4 is 0 Å². The van der Waals surface area contributed by atoms with Gasteiger partial charge in [-0.25, -0.2) is 0 Å². The Balaban J connectivity index is 1.41. The number of hydrogen-bond donors (Lipinski definition) is 0. The molecule has 0 aliphatic carbocycles. The van der Waals surface area contributed by atoms with Gasteiger partial charge in [0.15, 0.2) is 5.65 Å². The summed E-state index contributed by atoms with van der Waals surface area (Å²) in [4.78, 5) is 14.9. The van der Waals surface area contributed by atoms with E-state index in [9.17, 15) is 4.79 Å². The summed E-state index contributed by atoms with van der Waals surface area (Å²) in [5.41, 5.74) is 2.42. The van der Waals surface area contributed by atoms with Crippen LogP contribution in [0.4, 0.5) is 0 Å². The van der Waals surface area contributed by atoms with Crippen molar-refractivity contribution in [2.75, 3.05) is 13.1 Å². The van der Waals surface area contributed by atoms with E-state index >= 15 is 0 Å². The average Bonchev–Trinajstić information content (AvgIpc) is 3.25. The summed E-state index contributed by atoms with van der Waals surface area (Å²) in [6.07, 6.45) is 1.94. The molecule has 4 aromatic rings. The molecule has 4 heterocycles. The molecular formula is C20H16ClN5O2. The molecule has 1 amide bonds. The van der Waals surface area contributed by atoms with Gasteiger partial charge in [-0.2, -0.15) is 0 Å². The predicted molar refractivity (Wildman–Crippen MR) is 103 cm³/mol. The first-order valence-electron chi connectivity index (χ1n) is 8.93. The minimum atomic E-state index is -0.112. The Hall–Kier alpha value is -3.19. The molecule has 0 bridgehead atoms. The summed E-state index contributed by atoms with van der Waals surface area (Å²) in [6.45, 7) is 2.88. The SMILES string of the molecule is Cc1onc(-c2ccccc2Cl)c1C(=O)N1CC(c2nnc3ccccn23)C1. The minimum absolute atomic E-state index is 0.112. The zero-order valence-electron chi connectivity index (χ0n) is 15.0. The maximum absolute atomic E-state index is 13.1. The maximum Gasteiger partial charge on any atom is 0.259 e. The lowest BCUT2D eigenvalue weighted by Gasteiger charge is -2.38. The highest BCUT2D eigenvalue weighted by molar-refractivity contribution is 6.33. The Morgan fingerprint density at radius 3 is 2.75 bits per heavy atom. The van der Waals surface area contributed by atoms with Crippen molar-refractivity contribution < 1.29 is 9.32 Å². The number of pyridine rings is 1. The van der Waals surface area contributed by atoms with Crippen LogP contribution in [-0.4, -0.2) is 43.7 Å². The van der Waals surface area contributed by atoms with Gasteiger partial charge >= 0.3 is 0 Å². The fraction of sp³-hybridized carbons (Fsp3) is 0.200. The van der Waals surface area contributed by atoms with Gasteiger partial charge in [-0.15, -0.1) is 10.2 Å². The molecule has 0 unspecified atom stereocenters. The van der Waals surface area contributed by atoms with Crippen molar-refractivity contribution in [3.63, 3.8) is 0 Å². The van der Waals surface area contributed by atoms with Crippen LogP contribution >= 0.6 is 11.6 Å². The lowest BCUT2D eigenvalue weighted by atomic mass is 9.96. The third kappa shape index (κ3) is 2.58. The zero-order chi connectivity index (χ0) is 19.3. The number of halogens is 1. The molecule has 1 aromatic carbocycles. The molecule has 0 N–H and O–H groups in total. The lowest BCUT2D eigenvalue weighted by molar-refractivity contribution is 0.0592. The number of carbonyl (C=O) groups excluding carboxylic acids is 1. The number of benzene rings is 1. The second-order valence-corrected chi connectivity index (χ2v) is 7.24. The Morgan fingerprint density at radius 1 is 1.14 bits per heavy atom. The summed E-state index contributed by atoms with van der Waals surface area (Å²) in [6, 6.07) is 13.1. The first-order valence-corrected chi connectivity index (χ1v) is 9.31. The van der Waals surface area contributed by atoms with E-state index in [0.29, 0.717) is 40.7 Å². The highest BCUT2D eigenvalue weighted by Crippen LogP contribution is 2.34. The van der Waals surface area contributed by atoms with Gasteiger partial charge in [0.05, 0.1) is 10.9 Å². The lowest BCUT2D eigenvalue weighted by Crippen LogP contribution is -2.49. The first kappa shape index (κ1) is 16.9. The molecule has 1 saturated heterocycles. The Bertz CT molecular complexity index is 1190. The van der Waals surface area contributed by atoms with Crippen molar-refractivity contribution in [3.05, 3.63) is 70.8 Å². The van der Waals surface area contributed by atoms with Crippen molar-refractivity contribution >= 4 is 23.2 Å². The van der Waals surface area contributed by atoms with E-state index in [2.05, 4.69) is 15.4 Å². The van der Waals surface area contributed by atoms with Crippen LogP contribution in [0.5, 0.6) is 0 Å². The van der Waals surface area contributed by atoms with E-state index in [1.807, 2.05) is 47.0 Å². The average molecular weight is 394 g/mol. The topological polar surface area (TPSA) is 76.5 Å². The number of rotatable bonds is 3. The van der Waals surface area contributed by atoms with E-state index in [1.165, 1.54) is 0 Å². The predicted octanol–water partition coefficient (Wildman–Crippen LogP) is 3.59. The van der Waals surface area contributed by atoms with Crippen molar-refractivity contribution in [1.29, 1.82) is 0 Å². The van der Waals surface area contributed by atoms with E-state index in [4.69, 9.17) is 16.1 Å². The molecule has 8 heteroatoms. The van der Waals surface area contributed by atoms with E-state index < -0.39 is 0 Å². The molecule has 0 spiro atoms. The van der Waals surface area contributed by atoms with E-state index in [0.717, 1.165) is 11.5 Å². The number of aryl methyl sites for hydroxylation is 1. The smallest absolute Gasteiger partial charge is 0.259 e. The second kappa shape index (κ2) is 6.45. The van der Waals surface area contributed by atoms with Crippen LogP contribution in [0.1, 0.15) is 27.9 Å². The van der Waals surface area contributed by atoms with Gasteiger partial charge in [0.2, 0.25) is 0 Å². The Labute approximate surface area is 165 Å². The summed E-state index contributed by atoms with van der Waals surface area (Å²) in [5, 5.41) is 13.1. The molecule has 28 heavy (non-hydrogen) atoms. The Kier molecular flexibility index (Phi) is 3.91. The monoisotopic (exact) mass is 393 g/mol. The summed E-state index contributed by atoms with van der Waals surface area (Å²) >= 11 is 6.29. The third-order valence-corrected chi connectivity index (χ3v) is 5.41. The molecular weight excluding hydrogens is 378 g/mol. The number of aromatic nitrogens is 4. The number of fused-ring (bicyclic) bond motifs is 1. The highest BCUT2D eigenvalue weighted by atomic mass is 35.5. The molecule has 1 fully saturated rings. The van der Waals surface area contributed by atoms with Crippen LogP contribution in [0.15, 0.2) is 53.2 Å². The van der Waals surface area contributed by atoms with E-state index in [1.54, 1.807) is 17.9 Å². The normalized spacial score (nSPS) is 14.4. The number of likely N-dealkylation sites (tertiary alicyclic amines) is 1. The third-order valence-electron chi connectivity index (χ3n) is 5.08. The van der Waals surface area contributed by atoms with E-state index in [-0.39, 0.29) is 11.8 Å². The fourth-order valence-corrected chi connectivity index (χ4v) is 3.79. The fourth-order valence-electron chi connectivity index (χ4n) is 3.57.